The summed E-state index contributed by atoms with van der Waals surface area (Å²) >= 11 is 0. The van der Waals surface area contributed by atoms with Crippen molar-refractivity contribution in [2.45, 2.75) is 70.4 Å². The number of aromatic nitrogens is 1. The average Bonchev–Trinajstić information content (AvgIpc) is 3.19. The van der Waals surface area contributed by atoms with Crippen LogP contribution in [-0.4, -0.2) is 63.6 Å². The van der Waals surface area contributed by atoms with Gasteiger partial charge in [0.25, 0.3) is 5.91 Å². The number of carbonyl (C=O) groups is 1. The fraction of sp³-hybridized carbons (Fsp3) is 0.571. The van der Waals surface area contributed by atoms with Crippen molar-refractivity contribution in [3.8, 4) is 11.3 Å². The molecule has 0 radical (unpaired) electrons. The Bertz CT molecular complexity index is 1150. The zero-order valence-corrected chi connectivity index (χ0v) is 21.4. The molecule has 1 amide bonds. The first-order valence-corrected chi connectivity index (χ1v) is 13.2. The number of halogens is 3. The first-order chi connectivity index (χ1) is 17.5. The number of nitrogens with zero attached hydrogens (tertiary/aromatic N) is 3. The van der Waals surface area contributed by atoms with Crippen LogP contribution in [0.5, 0.6) is 0 Å². The molecule has 9 heteroatoms. The predicted molar refractivity (Wildman–Crippen MR) is 135 cm³/mol. The van der Waals surface area contributed by atoms with Gasteiger partial charge in [-0.1, -0.05) is 6.07 Å². The molecule has 0 aliphatic carbocycles. The monoisotopic (exact) mass is 516 g/mol. The Hall–Kier alpha value is -2.49. The number of hydrogen-bond acceptors (Lipinski definition) is 5. The maximum atomic E-state index is 13.9. The van der Waals surface area contributed by atoms with E-state index in [1.807, 2.05) is 15.9 Å². The van der Waals surface area contributed by atoms with Crippen LogP contribution in [-0.2, 0) is 19.3 Å². The summed E-state index contributed by atoms with van der Waals surface area (Å²) in [7, 11) is 0. The first kappa shape index (κ1) is 26.1. The number of likely N-dealkylation sites (tertiary alicyclic amines) is 1. The molecule has 3 aliphatic rings. The van der Waals surface area contributed by atoms with E-state index in [-0.39, 0.29) is 30.0 Å². The van der Waals surface area contributed by atoms with Crippen molar-refractivity contribution in [2.24, 2.45) is 5.92 Å². The smallest absolute Gasteiger partial charge is 0.390 e. The second kappa shape index (κ2) is 10.0. The maximum Gasteiger partial charge on any atom is 0.418 e. The van der Waals surface area contributed by atoms with E-state index in [1.54, 1.807) is 32.0 Å². The van der Waals surface area contributed by atoms with Gasteiger partial charge in [-0.05, 0) is 94.4 Å². The van der Waals surface area contributed by atoms with Crippen LogP contribution >= 0.6 is 0 Å². The lowest BCUT2D eigenvalue weighted by atomic mass is 9.83. The van der Waals surface area contributed by atoms with E-state index in [0.717, 1.165) is 50.5 Å². The van der Waals surface area contributed by atoms with Gasteiger partial charge in [0.2, 0.25) is 0 Å². The molecule has 37 heavy (non-hydrogen) atoms. The van der Waals surface area contributed by atoms with Gasteiger partial charge < -0.3 is 15.3 Å². The average molecular weight is 517 g/mol. The third kappa shape index (κ3) is 5.54. The lowest BCUT2D eigenvalue weighted by Gasteiger charge is -2.38. The number of nitrogens with one attached hydrogen (secondary N) is 1. The van der Waals surface area contributed by atoms with E-state index in [9.17, 15) is 23.1 Å². The van der Waals surface area contributed by atoms with Crippen molar-refractivity contribution in [1.82, 2.24) is 20.1 Å². The fourth-order valence-corrected chi connectivity index (χ4v) is 5.98. The summed E-state index contributed by atoms with van der Waals surface area (Å²) in [6.07, 6.45) is -0.0682. The molecule has 200 valence electrons. The summed E-state index contributed by atoms with van der Waals surface area (Å²) in [5.74, 6) is 0.155. The Morgan fingerprint density at radius 2 is 1.89 bits per heavy atom. The number of amides is 1. The Kier molecular flexibility index (Phi) is 7.06. The predicted octanol–water partition coefficient (Wildman–Crippen LogP) is 4.46. The SMILES string of the molecule is CC(C)(O)C1CCN(Cc2cc(-c3ccc4c(c3)CN(C3CCCNC3)C4=O)ncc2C(F)(F)F)CC1. The topological polar surface area (TPSA) is 68.7 Å². The third-order valence-corrected chi connectivity index (χ3v) is 8.22. The Morgan fingerprint density at radius 1 is 1.14 bits per heavy atom. The molecule has 1 unspecified atom stereocenters. The summed E-state index contributed by atoms with van der Waals surface area (Å²) in [5, 5.41) is 13.7. The second-order valence-corrected chi connectivity index (χ2v) is 11.2. The number of rotatable bonds is 5. The van der Waals surface area contributed by atoms with Gasteiger partial charge in [0.1, 0.15) is 0 Å². The van der Waals surface area contributed by atoms with Crippen molar-refractivity contribution in [3.05, 3.63) is 52.7 Å². The highest BCUT2D eigenvalue weighted by Gasteiger charge is 2.37. The van der Waals surface area contributed by atoms with Crippen LogP contribution in [0.15, 0.2) is 30.5 Å². The molecule has 3 aliphatic heterocycles. The molecule has 2 fully saturated rings. The molecule has 6 nitrogen and oxygen atoms in total. The van der Waals surface area contributed by atoms with Gasteiger partial charge >= 0.3 is 6.18 Å². The number of aliphatic hydroxyl groups is 1. The van der Waals surface area contributed by atoms with Crippen molar-refractivity contribution >= 4 is 5.91 Å². The van der Waals surface area contributed by atoms with Crippen LogP contribution in [0.1, 0.15) is 66.6 Å². The van der Waals surface area contributed by atoms with Crippen LogP contribution in [0.3, 0.4) is 0 Å². The molecule has 0 saturated carbocycles. The van der Waals surface area contributed by atoms with Crippen molar-refractivity contribution < 1.29 is 23.1 Å². The quantitative estimate of drug-likeness (QED) is 0.614. The zero-order valence-electron chi connectivity index (χ0n) is 21.4. The van der Waals surface area contributed by atoms with E-state index in [1.165, 1.54) is 0 Å². The van der Waals surface area contributed by atoms with Gasteiger partial charge in [-0.25, -0.2) is 0 Å². The molecule has 0 spiro atoms. The molecule has 1 aromatic carbocycles. The summed E-state index contributed by atoms with van der Waals surface area (Å²) < 4.78 is 41.6. The molecule has 4 heterocycles. The fourth-order valence-electron chi connectivity index (χ4n) is 5.98. The van der Waals surface area contributed by atoms with Crippen LogP contribution in [0.25, 0.3) is 11.3 Å². The van der Waals surface area contributed by atoms with Crippen LogP contribution in [0.2, 0.25) is 0 Å². The number of fused-ring (bicyclic) bond motifs is 1. The minimum atomic E-state index is -4.49. The van der Waals surface area contributed by atoms with Crippen molar-refractivity contribution in [3.63, 3.8) is 0 Å². The molecule has 1 aromatic heterocycles. The van der Waals surface area contributed by atoms with Crippen LogP contribution < -0.4 is 5.32 Å². The minimum Gasteiger partial charge on any atom is -0.390 e. The molecule has 0 bridgehead atoms. The normalized spacial score (nSPS) is 21.9. The van der Waals surface area contributed by atoms with Gasteiger partial charge in [-0.3, -0.25) is 14.7 Å². The third-order valence-electron chi connectivity index (χ3n) is 8.22. The number of piperidine rings is 2. The highest BCUT2D eigenvalue weighted by atomic mass is 19.4. The van der Waals surface area contributed by atoms with Gasteiger partial charge in [0.15, 0.2) is 0 Å². The highest BCUT2D eigenvalue weighted by molar-refractivity contribution is 5.99. The molecular formula is C28H35F3N4O2. The first-order valence-electron chi connectivity index (χ1n) is 13.2. The Balaban J connectivity index is 1.38. The molecule has 2 N–H and O–H groups in total. The maximum absolute atomic E-state index is 13.9. The summed E-state index contributed by atoms with van der Waals surface area (Å²) in [6, 6.07) is 7.18. The molecule has 2 saturated heterocycles. The lowest BCUT2D eigenvalue weighted by Crippen LogP contribution is -2.46. The highest BCUT2D eigenvalue weighted by Crippen LogP contribution is 2.36. The van der Waals surface area contributed by atoms with Gasteiger partial charge in [-0.2, -0.15) is 13.2 Å². The number of carbonyl (C=O) groups excluding carboxylic acids is 1. The largest absolute Gasteiger partial charge is 0.418 e. The number of benzene rings is 1. The number of hydrogen-bond donors (Lipinski definition) is 2. The van der Waals surface area contributed by atoms with E-state index in [0.29, 0.717) is 36.5 Å². The van der Waals surface area contributed by atoms with E-state index < -0.39 is 17.3 Å². The number of pyridine rings is 1. The van der Waals surface area contributed by atoms with E-state index in [2.05, 4.69) is 10.3 Å². The Morgan fingerprint density at radius 3 is 2.54 bits per heavy atom. The van der Waals surface area contributed by atoms with E-state index >= 15 is 0 Å². The van der Waals surface area contributed by atoms with Gasteiger partial charge in [-0.15, -0.1) is 0 Å². The standard InChI is InChI=1S/C28H35F3N4O2/c1-27(2,37)21-7-10-34(11-8-21)16-20-13-25(33-15-24(20)28(29,30)31)18-5-6-23-19(12-18)17-35(26(23)36)22-4-3-9-32-14-22/h5-6,12-13,15,21-22,32,37H,3-4,7-11,14,16-17H2,1-2H3. The molecule has 2 aromatic rings. The van der Waals surface area contributed by atoms with Gasteiger partial charge in [0.05, 0.1) is 16.9 Å². The molecule has 5 rings (SSSR count). The zero-order chi connectivity index (χ0) is 26.4. The van der Waals surface area contributed by atoms with E-state index in [4.69, 9.17) is 0 Å². The lowest BCUT2D eigenvalue weighted by molar-refractivity contribution is -0.138. The van der Waals surface area contributed by atoms with Crippen LogP contribution in [0, 0.1) is 5.92 Å². The van der Waals surface area contributed by atoms with Crippen molar-refractivity contribution in [1.29, 1.82) is 0 Å². The Labute approximate surface area is 215 Å². The summed E-state index contributed by atoms with van der Waals surface area (Å²) in [5.41, 5.74) is 1.44. The van der Waals surface area contributed by atoms with Gasteiger partial charge in [0, 0.05) is 43.0 Å². The molecule has 1 atom stereocenters. The summed E-state index contributed by atoms with van der Waals surface area (Å²) in [4.78, 5) is 21.1. The minimum absolute atomic E-state index is 0.0192. The van der Waals surface area contributed by atoms with Crippen LogP contribution in [0.4, 0.5) is 13.2 Å². The van der Waals surface area contributed by atoms with Crippen molar-refractivity contribution in [2.75, 3.05) is 26.2 Å². The second-order valence-electron chi connectivity index (χ2n) is 11.2. The molecular weight excluding hydrogens is 481 g/mol. The summed E-state index contributed by atoms with van der Waals surface area (Å²) in [6.45, 7) is 7.29. The number of alkyl halides is 3.